The number of nitrogens with one attached hydrogen (secondary N) is 2. The van der Waals surface area contributed by atoms with Gasteiger partial charge in [-0.3, -0.25) is 9.69 Å². The Labute approximate surface area is 285 Å². The van der Waals surface area contributed by atoms with Gasteiger partial charge in [0.05, 0.1) is 36.0 Å². The summed E-state index contributed by atoms with van der Waals surface area (Å²) in [6.45, 7) is 7.75. The number of aromatic carboxylic acids is 1. The molecule has 264 valence electrons. The number of anilines is 1. The Kier molecular flexibility index (Phi) is 14.1. The first kappa shape index (κ1) is 37.2. The second-order valence-electron chi connectivity index (χ2n) is 13.6. The highest BCUT2D eigenvalue weighted by Crippen LogP contribution is 2.29. The lowest BCUT2D eigenvalue weighted by Crippen LogP contribution is -2.47. The third-order valence-electron chi connectivity index (χ3n) is 9.39. The number of amides is 3. The van der Waals surface area contributed by atoms with Gasteiger partial charge in [0.1, 0.15) is 5.75 Å². The third-order valence-corrected chi connectivity index (χ3v) is 9.39. The van der Waals surface area contributed by atoms with Crippen LogP contribution in [0.1, 0.15) is 98.4 Å². The Balaban J connectivity index is 1.55. The summed E-state index contributed by atoms with van der Waals surface area (Å²) in [6.07, 6.45) is 7.52. The zero-order valence-corrected chi connectivity index (χ0v) is 29.0. The molecule has 2 aromatic rings. The molecule has 1 saturated carbocycles. The molecule has 1 heterocycles. The smallest absolute Gasteiger partial charge is 0.335 e. The van der Waals surface area contributed by atoms with Gasteiger partial charge in [0.25, 0.3) is 5.91 Å². The van der Waals surface area contributed by atoms with Crippen LogP contribution in [0.5, 0.6) is 5.75 Å². The SMILES string of the molecule is C[C@@H]1CN([C@H](C)CO)C(=O)c2cc(NC(=O)NC3CCCCC3)ccc2O[C@@H](C)CCCCO[C@H]1CN(C)Cc1ccc(C(=O)O)cc1. The number of carboxylic acids is 1. The molecule has 11 heteroatoms. The number of urea groups is 1. The molecule has 0 spiro atoms. The van der Waals surface area contributed by atoms with Crippen molar-refractivity contribution in [2.45, 2.75) is 103 Å². The first-order chi connectivity index (χ1) is 23.0. The lowest BCUT2D eigenvalue weighted by Gasteiger charge is -2.36. The molecule has 48 heavy (non-hydrogen) atoms. The number of ether oxygens (including phenoxy) is 2. The molecule has 4 rings (SSSR count). The number of hydrogen-bond donors (Lipinski definition) is 4. The second kappa shape index (κ2) is 18.2. The van der Waals surface area contributed by atoms with E-state index in [0.717, 1.165) is 50.5 Å². The van der Waals surface area contributed by atoms with Gasteiger partial charge in [-0.1, -0.05) is 38.3 Å². The van der Waals surface area contributed by atoms with Crippen molar-refractivity contribution in [3.63, 3.8) is 0 Å². The summed E-state index contributed by atoms with van der Waals surface area (Å²) in [6, 6.07) is 11.4. The fourth-order valence-electron chi connectivity index (χ4n) is 6.50. The van der Waals surface area contributed by atoms with E-state index in [1.807, 2.05) is 33.0 Å². The van der Waals surface area contributed by atoms with E-state index in [1.165, 1.54) is 6.42 Å². The standard InChI is InChI=1S/C37H54N4O7/c1-25-21-41(26(2)24-42)35(43)32-20-31(39-37(46)38-30-11-6-5-7-12-30)17-18-33(32)48-27(3)10-8-9-19-47-34(25)23-40(4)22-28-13-15-29(16-14-28)36(44)45/h13-18,20,25-27,30,34,42H,5-12,19,21-24H2,1-4H3,(H,44,45)(H2,38,39,46)/t25-,26-,27+,34+/m1/s1. The number of benzene rings is 2. The molecular formula is C37H54N4O7. The molecule has 4 N–H and O–H groups in total. The van der Waals surface area contributed by atoms with Gasteiger partial charge in [0.2, 0.25) is 0 Å². The molecule has 4 atom stereocenters. The molecule has 1 aliphatic carbocycles. The fraction of sp³-hybridized carbons (Fsp3) is 0.595. The number of hydrogen-bond acceptors (Lipinski definition) is 7. The van der Waals surface area contributed by atoms with E-state index < -0.39 is 12.0 Å². The van der Waals surface area contributed by atoms with Gasteiger partial charge in [-0.25, -0.2) is 9.59 Å². The molecule has 0 saturated heterocycles. The second-order valence-corrected chi connectivity index (χ2v) is 13.6. The minimum Gasteiger partial charge on any atom is -0.490 e. The highest BCUT2D eigenvalue weighted by atomic mass is 16.5. The molecule has 0 aromatic heterocycles. The maximum absolute atomic E-state index is 14.4. The number of carbonyl (C=O) groups is 3. The summed E-state index contributed by atoms with van der Waals surface area (Å²) in [5, 5.41) is 25.5. The average Bonchev–Trinajstić information content (AvgIpc) is 3.06. The van der Waals surface area contributed by atoms with Crippen LogP contribution in [-0.2, 0) is 11.3 Å². The number of fused-ring (bicyclic) bond motifs is 1. The summed E-state index contributed by atoms with van der Waals surface area (Å²) in [5.41, 5.74) is 2.07. The van der Waals surface area contributed by atoms with Crippen LogP contribution in [0.4, 0.5) is 10.5 Å². The Hall–Kier alpha value is -3.67. The maximum Gasteiger partial charge on any atom is 0.335 e. The fourth-order valence-corrected chi connectivity index (χ4v) is 6.50. The number of aliphatic hydroxyl groups is 1. The van der Waals surface area contributed by atoms with E-state index in [4.69, 9.17) is 9.47 Å². The van der Waals surface area contributed by atoms with Crippen molar-refractivity contribution >= 4 is 23.6 Å². The highest BCUT2D eigenvalue weighted by molar-refractivity contribution is 5.99. The van der Waals surface area contributed by atoms with Gasteiger partial charge in [-0.15, -0.1) is 0 Å². The van der Waals surface area contributed by atoms with Crippen LogP contribution in [-0.4, -0.2) is 95.6 Å². The van der Waals surface area contributed by atoms with Crippen LogP contribution < -0.4 is 15.4 Å². The topological polar surface area (TPSA) is 141 Å². The van der Waals surface area contributed by atoms with Gasteiger partial charge in [0, 0.05) is 43.9 Å². The van der Waals surface area contributed by atoms with Gasteiger partial charge in [0.15, 0.2) is 0 Å². The molecule has 3 amide bonds. The van der Waals surface area contributed by atoms with Crippen molar-refractivity contribution < 1.29 is 34.1 Å². The van der Waals surface area contributed by atoms with Gasteiger partial charge in [-0.2, -0.15) is 0 Å². The molecule has 0 unspecified atom stereocenters. The van der Waals surface area contributed by atoms with Crippen LogP contribution in [0.3, 0.4) is 0 Å². The first-order valence-electron chi connectivity index (χ1n) is 17.5. The molecule has 1 aliphatic heterocycles. The van der Waals surface area contributed by atoms with Crippen molar-refractivity contribution in [3.8, 4) is 5.75 Å². The number of carbonyl (C=O) groups excluding carboxylic acids is 2. The Bertz CT molecular complexity index is 1350. The predicted molar refractivity (Wildman–Crippen MR) is 186 cm³/mol. The van der Waals surface area contributed by atoms with Crippen molar-refractivity contribution in [1.82, 2.24) is 15.1 Å². The lowest BCUT2D eigenvalue weighted by molar-refractivity contribution is -0.0177. The quantitative estimate of drug-likeness (QED) is 0.265. The van der Waals surface area contributed by atoms with Gasteiger partial charge < -0.3 is 35.2 Å². The van der Waals surface area contributed by atoms with Gasteiger partial charge >= 0.3 is 12.0 Å². The Morgan fingerprint density at radius 2 is 1.73 bits per heavy atom. The van der Waals surface area contributed by atoms with Crippen LogP contribution in [0.15, 0.2) is 42.5 Å². The van der Waals surface area contributed by atoms with Crippen LogP contribution in [0.25, 0.3) is 0 Å². The van der Waals surface area contributed by atoms with E-state index in [-0.39, 0.29) is 48.3 Å². The zero-order valence-electron chi connectivity index (χ0n) is 29.0. The molecule has 11 nitrogen and oxygen atoms in total. The van der Waals surface area contributed by atoms with E-state index in [1.54, 1.807) is 35.2 Å². The largest absolute Gasteiger partial charge is 0.490 e. The minimum absolute atomic E-state index is 0.0893. The summed E-state index contributed by atoms with van der Waals surface area (Å²) in [7, 11) is 2.00. The summed E-state index contributed by atoms with van der Waals surface area (Å²) in [4.78, 5) is 42.3. The van der Waals surface area contributed by atoms with Crippen molar-refractivity contribution in [3.05, 3.63) is 59.2 Å². The normalized spacial score (nSPS) is 22.2. The lowest BCUT2D eigenvalue weighted by atomic mass is 9.96. The molecule has 1 fully saturated rings. The molecule has 2 aliphatic rings. The summed E-state index contributed by atoms with van der Waals surface area (Å²) in [5.74, 6) is -0.880. The molecule has 0 radical (unpaired) electrons. The Morgan fingerprint density at radius 3 is 2.42 bits per heavy atom. The maximum atomic E-state index is 14.4. The van der Waals surface area contributed by atoms with Crippen molar-refractivity contribution in [2.24, 2.45) is 5.92 Å². The van der Waals surface area contributed by atoms with E-state index in [2.05, 4.69) is 22.5 Å². The number of likely N-dealkylation sites (N-methyl/N-ethyl adjacent to an activating group) is 1. The molecule has 2 aromatic carbocycles. The van der Waals surface area contributed by atoms with E-state index in [0.29, 0.717) is 43.2 Å². The van der Waals surface area contributed by atoms with Crippen LogP contribution in [0, 0.1) is 5.92 Å². The predicted octanol–water partition coefficient (Wildman–Crippen LogP) is 5.77. The average molecular weight is 667 g/mol. The molecule has 0 bridgehead atoms. The van der Waals surface area contributed by atoms with E-state index >= 15 is 0 Å². The number of nitrogens with zero attached hydrogens (tertiary/aromatic N) is 2. The molecular weight excluding hydrogens is 612 g/mol. The third kappa shape index (κ3) is 10.9. The zero-order chi connectivity index (χ0) is 34.6. The first-order valence-corrected chi connectivity index (χ1v) is 17.5. The van der Waals surface area contributed by atoms with E-state index in [9.17, 15) is 24.6 Å². The highest BCUT2D eigenvalue weighted by Gasteiger charge is 2.30. The number of aliphatic hydroxyl groups excluding tert-OH is 1. The van der Waals surface area contributed by atoms with Crippen molar-refractivity contribution in [1.29, 1.82) is 0 Å². The summed E-state index contributed by atoms with van der Waals surface area (Å²) >= 11 is 0. The summed E-state index contributed by atoms with van der Waals surface area (Å²) < 4.78 is 12.8. The van der Waals surface area contributed by atoms with Crippen LogP contribution >= 0.6 is 0 Å². The number of rotatable bonds is 9. The van der Waals surface area contributed by atoms with Crippen LogP contribution in [0.2, 0.25) is 0 Å². The Morgan fingerprint density at radius 1 is 1.02 bits per heavy atom. The monoisotopic (exact) mass is 666 g/mol. The van der Waals surface area contributed by atoms with Gasteiger partial charge in [-0.05, 0) is 88.9 Å². The minimum atomic E-state index is -0.954. The number of carboxylic acid groups (broad SMARTS) is 1. The van der Waals surface area contributed by atoms with Crippen molar-refractivity contribution in [2.75, 3.05) is 38.7 Å².